The number of aromatic nitrogens is 2. The lowest BCUT2D eigenvalue weighted by Crippen LogP contribution is -2.54. The highest BCUT2D eigenvalue weighted by atomic mass is 16.2. The average molecular weight is 378 g/mol. The van der Waals surface area contributed by atoms with E-state index in [9.17, 15) is 9.59 Å². The van der Waals surface area contributed by atoms with Gasteiger partial charge in [-0.25, -0.2) is 4.98 Å². The van der Waals surface area contributed by atoms with Crippen LogP contribution in [0.1, 0.15) is 48.5 Å². The van der Waals surface area contributed by atoms with Crippen molar-refractivity contribution in [1.82, 2.24) is 14.9 Å². The molecule has 2 saturated heterocycles. The van der Waals surface area contributed by atoms with E-state index in [2.05, 4.69) is 14.9 Å². The number of carbonyl (C=O) groups is 2. The molecule has 0 radical (unpaired) electrons. The van der Waals surface area contributed by atoms with Gasteiger partial charge in [0, 0.05) is 62.2 Å². The number of likely N-dealkylation sites (tertiary alicyclic amines) is 1. The Balaban J connectivity index is 1.49. The molecule has 0 unspecified atom stereocenters. The summed E-state index contributed by atoms with van der Waals surface area (Å²) in [5.74, 6) is 1.18. The first-order valence-electron chi connectivity index (χ1n) is 9.93. The topological polar surface area (TPSA) is 66.4 Å². The summed E-state index contributed by atoms with van der Waals surface area (Å²) < 4.78 is 0. The highest BCUT2D eigenvalue weighted by Gasteiger charge is 2.42. The fourth-order valence-electron chi connectivity index (χ4n) is 4.48. The van der Waals surface area contributed by atoms with Crippen molar-refractivity contribution in [3.05, 3.63) is 54.0 Å². The molecule has 2 aliphatic rings. The van der Waals surface area contributed by atoms with Crippen LogP contribution in [0.25, 0.3) is 0 Å². The lowest BCUT2D eigenvalue weighted by Gasteiger charge is -2.48. The van der Waals surface area contributed by atoms with Gasteiger partial charge in [0.2, 0.25) is 5.91 Å². The molecule has 28 heavy (non-hydrogen) atoms. The lowest BCUT2D eigenvalue weighted by atomic mass is 9.73. The number of Topliss-reactive ketones (excluding diaryl/α,β-unsaturated/α-hetero) is 1. The number of amides is 1. The van der Waals surface area contributed by atoms with Crippen molar-refractivity contribution in [3.8, 4) is 0 Å². The van der Waals surface area contributed by atoms with E-state index in [0.717, 1.165) is 50.3 Å². The van der Waals surface area contributed by atoms with Gasteiger partial charge in [-0.15, -0.1) is 0 Å². The summed E-state index contributed by atoms with van der Waals surface area (Å²) in [7, 11) is 0. The Morgan fingerprint density at radius 2 is 2.07 bits per heavy atom. The second-order valence-electron chi connectivity index (χ2n) is 8.10. The summed E-state index contributed by atoms with van der Waals surface area (Å²) in [6, 6.07) is 7.73. The van der Waals surface area contributed by atoms with E-state index >= 15 is 0 Å². The van der Waals surface area contributed by atoms with E-state index in [1.165, 1.54) is 0 Å². The maximum absolute atomic E-state index is 12.5. The summed E-state index contributed by atoms with van der Waals surface area (Å²) in [6.07, 6.45) is 9.01. The molecule has 0 aliphatic carbocycles. The van der Waals surface area contributed by atoms with Crippen molar-refractivity contribution < 1.29 is 9.59 Å². The predicted molar refractivity (Wildman–Crippen MR) is 107 cm³/mol. The molecule has 146 valence electrons. The van der Waals surface area contributed by atoms with E-state index in [1.54, 1.807) is 19.3 Å². The van der Waals surface area contributed by atoms with Crippen LogP contribution in [0.4, 0.5) is 5.82 Å². The van der Waals surface area contributed by atoms with Gasteiger partial charge in [-0.1, -0.05) is 6.07 Å². The molecular formula is C22H26N4O2. The van der Waals surface area contributed by atoms with Gasteiger partial charge in [0.15, 0.2) is 5.78 Å². The van der Waals surface area contributed by atoms with Crippen LogP contribution >= 0.6 is 0 Å². The van der Waals surface area contributed by atoms with E-state index in [-0.39, 0.29) is 17.1 Å². The zero-order valence-corrected chi connectivity index (χ0v) is 16.3. The molecule has 4 rings (SSSR count). The molecular weight excluding hydrogens is 352 g/mol. The molecule has 1 amide bonds. The molecule has 1 spiro atoms. The van der Waals surface area contributed by atoms with E-state index in [1.807, 2.05) is 35.4 Å². The number of hydrogen-bond acceptors (Lipinski definition) is 5. The summed E-state index contributed by atoms with van der Waals surface area (Å²) in [6.45, 7) is 4.83. The molecule has 2 aromatic heterocycles. The maximum atomic E-state index is 12.5. The largest absolute Gasteiger partial charge is 0.356 e. The number of carbonyl (C=O) groups excluding carboxylic acids is 2. The highest BCUT2D eigenvalue weighted by molar-refractivity contribution is 5.93. The van der Waals surface area contributed by atoms with Gasteiger partial charge < -0.3 is 9.80 Å². The second-order valence-corrected chi connectivity index (χ2v) is 8.10. The molecule has 0 aromatic carbocycles. The van der Waals surface area contributed by atoms with Crippen LogP contribution in [-0.2, 0) is 11.3 Å². The van der Waals surface area contributed by atoms with Gasteiger partial charge in [0.25, 0.3) is 0 Å². The fraction of sp³-hybridized carbons (Fsp3) is 0.455. The minimum atomic E-state index is 0.0333. The molecule has 1 atom stereocenters. The third kappa shape index (κ3) is 3.91. The third-order valence-electron chi connectivity index (χ3n) is 5.98. The maximum Gasteiger partial charge on any atom is 0.222 e. The van der Waals surface area contributed by atoms with E-state index < -0.39 is 0 Å². The van der Waals surface area contributed by atoms with E-state index in [4.69, 9.17) is 0 Å². The highest BCUT2D eigenvalue weighted by Crippen LogP contribution is 2.40. The zero-order valence-electron chi connectivity index (χ0n) is 16.3. The van der Waals surface area contributed by atoms with Crippen LogP contribution in [0, 0.1) is 5.41 Å². The Hall–Kier alpha value is -2.76. The minimum Gasteiger partial charge on any atom is -0.356 e. The number of nitrogens with zero attached hydrogens (tertiary/aromatic N) is 4. The number of pyridine rings is 2. The molecule has 0 bridgehead atoms. The Morgan fingerprint density at radius 1 is 1.18 bits per heavy atom. The van der Waals surface area contributed by atoms with Gasteiger partial charge in [-0.3, -0.25) is 14.6 Å². The number of hydrogen-bond donors (Lipinski definition) is 0. The van der Waals surface area contributed by atoms with Crippen LogP contribution < -0.4 is 4.90 Å². The molecule has 0 N–H and O–H groups in total. The summed E-state index contributed by atoms with van der Waals surface area (Å²) in [5, 5.41) is 0. The standard InChI is InChI=1S/C22H26N4O2/c1-17(27)19-5-6-20(24-13-19)25-11-3-8-22(15-25)9-7-21(28)26(16-22)14-18-4-2-10-23-12-18/h2,4-6,10,12-13H,3,7-9,11,14-16H2,1H3/t22-/m1/s1. The van der Waals surface area contributed by atoms with Crippen LogP contribution in [0.5, 0.6) is 0 Å². The first-order valence-corrected chi connectivity index (χ1v) is 9.93. The Bertz CT molecular complexity index is 853. The SMILES string of the molecule is CC(=O)c1ccc(N2CCC[C@@]3(CCC(=O)N(Cc4cccnc4)C3)C2)nc1. The fourth-order valence-corrected chi connectivity index (χ4v) is 4.48. The minimum absolute atomic E-state index is 0.0333. The summed E-state index contributed by atoms with van der Waals surface area (Å²) in [4.78, 5) is 37.0. The van der Waals surface area contributed by atoms with Crippen molar-refractivity contribution in [2.24, 2.45) is 5.41 Å². The Kier molecular flexibility index (Phi) is 5.11. The summed E-state index contributed by atoms with van der Waals surface area (Å²) >= 11 is 0. The van der Waals surface area contributed by atoms with Crippen molar-refractivity contribution in [2.45, 2.75) is 39.2 Å². The molecule has 2 aliphatic heterocycles. The molecule has 0 saturated carbocycles. The number of anilines is 1. The molecule has 6 heteroatoms. The zero-order chi connectivity index (χ0) is 19.6. The predicted octanol–water partition coefficient (Wildman–Crippen LogP) is 3.09. The summed E-state index contributed by atoms with van der Waals surface area (Å²) in [5.41, 5.74) is 1.82. The van der Waals surface area contributed by atoms with Crippen LogP contribution in [0.3, 0.4) is 0 Å². The van der Waals surface area contributed by atoms with Gasteiger partial charge in [-0.05, 0) is 49.9 Å². The van der Waals surface area contributed by atoms with Crippen LogP contribution in [0.15, 0.2) is 42.9 Å². The second kappa shape index (κ2) is 7.70. The molecule has 6 nitrogen and oxygen atoms in total. The van der Waals surface area contributed by atoms with Gasteiger partial charge in [-0.2, -0.15) is 0 Å². The van der Waals surface area contributed by atoms with Crippen molar-refractivity contribution in [3.63, 3.8) is 0 Å². The first kappa shape index (κ1) is 18.6. The molecule has 2 fully saturated rings. The normalized spacial score (nSPS) is 22.5. The van der Waals surface area contributed by atoms with Crippen molar-refractivity contribution >= 4 is 17.5 Å². The van der Waals surface area contributed by atoms with Crippen LogP contribution in [-0.4, -0.2) is 46.2 Å². The van der Waals surface area contributed by atoms with Crippen molar-refractivity contribution in [2.75, 3.05) is 24.5 Å². The number of piperidine rings is 2. The van der Waals surface area contributed by atoms with E-state index in [0.29, 0.717) is 18.5 Å². The number of rotatable bonds is 4. The van der Waals surface area contributed by atoms with Crippen LogP contribution in [0.2, 0.25) is 0 Å². The van der Waals surface area contributed by atoms with Crippen molar-refractivity contribution in [1.29, 1.82) is 0 Å². The quantitative estimate of drug-likeness (QED) is 0.765. The Labute approximate surface area is 165 Å². The smallest absolute Gasteiger partial charge is 0.222 e. The van der Waals surface area contributed by atoms with Gasteiger partial charge >= 0.3 is 0 Å². The molecule has 4 heterocycles. The lowest BCUT2D eigenvalue weighted by molar-refractivity contribution is -0.138. The molecule has 2 aromatic rings. The Morgan fingerprint density at radius 3 is 2.79 bits per heavy atom. The number of ketones is 1. The third-order valence-corrected chi connectivity index (χ3v) is 5.98. The average Bonchev–Trinajstić information content (AvgIpc) is 2.72. The monoisotopic (exact) mass is 378 g/mol. The van der Waals surface area contributed by atoms with Gasteiger partial charge in [0.1, 0.15) is 5.82 Å². The first-order chi connectivity index (χ1) is 13.5. The van der Waals surface area contributed by atoms with Gasteiger partial charge in [0.05, 0.1) is 0 Å².